The van der Waals surface area contributed by atoms with Gasteiger partial charge in [0.2, 0.25) is 23.6 Å². The summed E-state index contributed by atoms with van der Waals surface area (Å²) in [5.41, 5.74) is 15.0. The summed E-state index contributed by atoms with van der Waals surface area (Å²) in [5, 5.41) is 48.5. The molecule has 496 valence electrons. The average Bonchev–Trinajstić information content (AvgIpc) is 2.26. The van der Waals surface area contributed by atoms with Gasteiger partial charge in [-0.1, -0.05) is 168 Å². The fourth-order valence-corrected chi connectivity index (χ4v) is 9.82. The molecule has 26 heteroatoms. The number of esters is 3. The van der Waals surface area contributed by atoms with Crippen LogP contribution in [0.2, 0.25) is 0 Å². The number of hydrogen-bond donors (Lipinski definition) is 11. The minimum absolute atomic E-state index is 0.0214. The molecule has 0 radical (unpaired) electrons. The monoisotopic (exact) mass is 1240 g/mol. The summed E-state index contributed by atoms with van der Waals surface area (Å²) in [7, 11) is -2.44. The van der Waals surface area contributed by atoms with Crippen LogP contribution in [0.25, 0.3) is 0 Å². The van der Waals surface area contributed by atoms with Crippen molar-refractivity contribution in [2.24, 2.45) is 17.2 Å². The van der Waals surface area contributed by atoms with Crippen LogP contribution >= 0.6 is 8.25 Å². The second-order valence-electron chi connectivity index (χ2n) is 22.5. The Morgan fingerprint density at radius 1 is 0.694 bits per heavy atom. The normalized spacial score (nSPS) is 19.3. The summed E-state index contributed by atoms with van der Waals surface area (Å²) < 4.78 is 41.5. The van der Waals surface area contributed by atoms with Gasteiger partial charge in [0.1, 0.15) is 55.2 Å². The molecular formula is C59H112N6O19P+. The third-order valence-electron chi connectivity index (χ3n) is 14.6. The van der Waals surface area contributed by atoms with Crippen molar-refractivity contribution in [1.82, 2.24) is 16.0 Å². The Hall–Kier alpha value is -4.01. The zero-order valence-corrected chi connectivity index (χ0v) is 53.0. The van der Waals surface area contributed by atoms with Crippen LogP contribution in [0.5, 0.6) is 0 Å². The van der Waals surface area contributed by atoms with Gasteiger partial charge in [-0.3, -0.25) is 28.8 Å². The second kappa shape index (κ2) is 49.9. The highest BCUT2D eigenvalue weighted by Crippen LogP contribution is 2.25. The maximum atomic E-state index is 14.0. The molecule has 0 aromatic carbocycles. The van der Waals surface area contributed by atoms with E-state index in [1.807, 2.05) is 0 Å². The lowest BCUT2D eigenvalue weighted by molar-refractivity contribution is -0.269. The number of nitrogens with two attached hydrogens (primary N) is 3. The molecular weight excluding hydrogens is 1130 g/mol. The number of amides is 4. The van der Waals surface area contributed by atoms with Crippen LogP contribution in [0.4, 0.5) is 0 Å². The molecule has 0 aromatic heterocycles. The van der Waals surface area contributed by atoms with Gasteiger partial charge >= 0.3 is 26.2 Å². The van der Waals surface area contributed by atoms with E-state index in [1.54, 1.807) is 0 Å². The molecule has 0 bridgehead atoms. The first-order valence-corrected chi connectivity index (χ1v) is 32.5. The topological polar surface area (TPSA) is 407 Å². The van der Waals surface area contributed by atoms with E-state index in [1.165, 1.54) is 130 Å². The van der Waals surface area contributed by atoms with Crippen molar-refractivity contribution in [2.75, 3.05) is 33.0 Å². The molecule has 3 unspecified atom stereocenters. The molecule has 1 rings (SSSR count). The van der Waals surface area contributed by atoms with Crippen molar-refractivity contribution in [3.63, 3.8) is 0 Å². The highest BCUT2D eigenvalue weighted by molar-refractivity contribution is 7.32. The zero-order valence-electron chi connectivity index (χ0n) is 52.2. The molecule has 4 amide bonds. The average molecular weight is 1240 g/mol. The van der Waals surface area contributed by atoms with Gasteiger partial charge in [0.15, 0.2) is 18.5 Å². The Morgan fingerprint density at radius 3 is 1.55 bits per heavy atom. The summed E-state index contributed by atoms with van der Waals surface area (Å²) in [6.07, 6.45) is 18.3. The second-order valence-corrected chi connectivity index (χ2v) is 23.2. The first-order chi connectivity index (χ1) is 40.5. The predicted molar refractivity (Wildman–Crippen MR) is 320 cm³/mol. The molecule has 85 heavy (non-hydrogen) atoms. The summed E-state index contributed by atoms with van der Waals surface area (Å²) in [5.74, 6) is -5.67. The van der Waals surface area contributed by atoms with Crippen LogP contribution in [0.15, 0.2) is 0 Å². The minimum Gasteiger partial charge on any atom is -0.461 e. The van der Waals surface area contributed by atoms with Gasteiger partial charge in [0.25, 0.3) is 0 Å². The van der Waals surface area contributed by atoms with Crippen LogP contribution in [-0.4, -0.2) is 166 Å². The molecule has 0 aliphatic carbocycles. The van der Waals surface area contributed by atoms with E-state index in [9.17, 15) is 58.6 Å². The van der Waals surface area contributed by atoms with E-state index in [2.05, 4.69) is 34.3 Å². The van der Waals surface area contributed by atoms with E-state index >= 15 is 0 Å². The van der Waals surface area contributed by atoms with E-state index in [-0.39, 0.29) is 32.4 Å². The Morgan fingerprint density at radius 2 is 1.15 bits per heavy atom. The van der Waals surface area contributed by atoms with Gasteiger partial charge in [-0.2, -0.15) is 0 Å². The van der Waals surface area contributed by atoms with Crippen LogP contribution in [0.1, 0.15) is 234 Å². The first-order valence-electron chi connectivity index (χ1n) is 31.4. The molecule has 0 spiro atoms. The number of carbonyl (C=O) groups is 7. The molecule has 1 aliphatic heterocycles. The van der Waals surface area contributed by atoms with Gasteiger partial charge in [0.05, 0.1) is 19.3 Å². The number of hydrogen-bond acceptors (Lipinski definition) is 20. The molecule has 0 aromatic rings. The van der Waals surface area contributed by atoms with Gasteiger partial charge in [-0.05, 0) is 40.0 Å². The van der Waals surface area contributed by atoms with E-state index in [0.29, 0.717) is 12.8 Å². The number of ether oxygens (including phenoxy) is 5. The Kier molecular flexibility index (Phi) is 47.6. The highest BCUT2D eigenvalue weighted by Gasteiger charge is 2.48. The number of unbranched alkanes of at least 4 members (excludes halogenated alkanes) is 24. The fourth-order valence-electron chi connectivity index (χ4n) is 9.56. The van der Waals surface area contributed by atoms with Crippen molar-refractivity contribution in [1.29, 1.82) is 0 Å². The van der Waals surface area contributed by atoms with E-state index in [4.69, 9.17) is 45.8 Å². The van der Waals surface area contributed by atoms with Crippen LogP contribution < -0.4 is 33.2 Å². The van der Waals surface area contributed by atoms with Crippen LogP contribution in [0.3, 0.4) is 0 Å². The standard InChI is InChI=1S/C57H105N5O16.C2H6NO3P/c1-7-9-11-13-15-17-19-21-23-25-27-29-31-33-47(67)76-45(38-64)52(78-48(68)34-32-30-28-26-24-22-20-18-16-14-12-10-8-2)57(6,59)56(73)62-43(53(58)70)35-36-46(66)60-41(4)54(71)74-39-40(3)75-51-49(61-42(5)65)55(72)77-44(37-63)50(51)69;3-1-2-6-7(4)5/h40-41,43-45,49-52,55,63-64,69,72H,7-39,59H2,1-6H3,(H2,58,70)(H,60,66)(H,61,65)(H,62,73);1-3H2/p+1/t40?,41-,43+,44+,45-,49+,50+,51+,52?,55-,57+;/m0./s1. The molecule has 14 N–H and O–H groups in total. The van der Waals surface area contributed by atoms with E-state index in [0.717, 1.165) is 51.4 Å². The molecule has 1 aliphatic rings. The number of aliphatic hydroxyl groups is 4. The van der Waals surface area contributed by atoms with Gasteiger partial charge in [-0.25, -0.2) is 4.79 Å². The number of rotatable bonds is 50. The lowest BCUT2D eigenvalue weighted by atomic mass is 9.89. The predicted octanol–water partition coefficient (Wildman–Crippen LogP) is 5.24. The zero-order chi connectivity index (χ0) is 64.0. The van der Waals surface area contributed by atoms with Gasteiger partial charge < -0.3 is 77.3 Å². The van der Waals surface area contributed by atoms with Gasteiger partial charge in [0, 0.05) is 37.3 Å². The molecule has 1 heterocycles. The SMILES string of the molecule is CCCCCCCCCCCCCCCC(=O)OC([C@H](CO)OC(=O)CCCCCCCCCCCCCCC)[C@@](C)(N)C(=O)N[C@H](CCC(=O)N[C@@H](C)C(=O)OCC(C)O[C@H]1[C@H](O)[C@@H](CO)O[C@H](O)[C@@H]1NC(C)=O)C(N)=O.NCCO[P+](=O)O. The van der Waals surface area contributed by atoms with Crippen molar-refractivity contribution in [3.8, 4) is 0 Å². The first kappa shape index (κ1) is 81.0. The highest BCUT2D eigenvalue weighted by atomic mass is 31.1. The van der Waals surface area contributed by atoms with E-state index < -0.39 is 143 Å². The van der Waals surface area contributed by atoms with Crippen molar-refractivity contribution >= 4 is 49.8 Å². The smallest absolute Gasteiger partial charge is 0.461 e. The largest absolute Gasteiger partial charge is 0.694 e. The molecule has 0 saturated carbocycles. The third kappa shape index (κ3) is 38.8. The summed E-state index contributed by atoms with van der Waals surface area (Å²) in [6.45, 7) is 8.16. The minimum atomic E-state index is -2.44. The van der Waals surface area contributed by atoms with Gasteiger partial charge in [-0.15, -0.1) is 9.42 Å². The summed E-state index contributed by atoms with van der Waals surface area (Å²) >= 11 is 0. The third-order valence-corrected chi connectivity index (χ3v) is 15.0. The Bertz CT molecular complexity index is 1860. The Balaban J connectivity index is 0.00000942. The molecule has 1 fully saturated rings. The quantitative estimate of drug-likeness (QED) is 0.0160. The number of nitrogens with one attached hydrogen (secondary N) is 3. The van der Waals surface area contributed by atoms with Crippen molar-refractivity contribution < 1.29 is 91.7 Å². The molecule has 25 nitrogen and oxygen atoms in total. The molecule has 12 atom stereocenters. The lowest BCUT2D eigenvalue weighted by Gasteiger charge is -2.43. The lowest BCUT2D eigenvalue weighted by Crippen LogP contribution is -2.66. The summed E-state index contributed by atoms with van der Waals surface area (Å²) in [6, 6.07) is -3.94. The number of aliphatic hydroxyl groups excluding tert-OH is 4. The fraction of sp³-hybridized carbons (Fsp3) is 0.881. The summed E-state index contributed by atoms with van der Waals surface area (Å²) in [4.78, 5) is 98.9. The maximum absolute atomic E-state index is 14.0. The number of carbonyl (C=O) groups excluding carboxylic acids is 7. The van der Waals surface area contributed by atoms with Crippen molar-refractivity contribution in [3.05, 3.63) is 0 Å². The van der Waals surface area contributed by atoms with Crippen LogP contribution in [-0.2, 0) is 66.3 Å². The maximum Gasteiger partial charge on any atom is 0.694 e. The molecule has 1 saturated heterocycles. The van der Waals surface area contributed by atoms with Crippen molar-refractivity contribution in [2.45, 2.75) is 301 Å². The number of primary amides is 1. The van der Waals surface area contributed by atoms with Crippen LogP contribution in [0, 0.1) is 0 Å². The Labute approximate surface area is 506 Å².